The molecule has 1 atom stereocenters. The van der Waals surface area contributed by atoms with E-state index in [-0.39, 0.29) is 6.10 Å². The molecule has 0 spiro atoms. The molecular formula is C14H18Cl2N4O. The fraction of sp³-hybridized carbons (Fsp3) is 0.500. The first-order valence-electron chi connectivity index (χ1n) is 6.98. The lowest BCUT2D eigenvalue weighted by Crippen LogP contribution is -2.07. The van der Waals surface area contributed by atoms with E-state index in [1.165, 1.54) is 0 Å². The zero-order valence-electron chi connectivity index (χ0n) is 12.1. The predicted molar refractivity (Wildman–Crippen MR) is 82.5 cm³/mol. The molecule has 1 N–H and O–H groups in total. The number of hydrogen-bond donors (Lipinski definition) is 1. The highest BCUT2D eigenvalue weighted by Gasteiger charge is 2.16. The van der Waals surface area contributed by atoms with Gasteiger partial charge in [-0.25, -0.2) is 5.10 Å². The van der Waals surface area contributed by atoms with Gasteiger partial charge in [-0.3, -0.25) is 0 Å². The molecule has 0 amide bonds. The van der Waals surface area contributed by atoms with Crippen molar-refractivity contribution >= 4 is 23.2 Å². The van der Waals surface area contributed by atoms with Gasteiger partial charge in [0.2, 0.25) is 0 Å². The van der Waals surface area contributed by atoms with Crippen LogP contribution in [0.4, 0.5) is 0 Å². The lowest BCUT2D eigenvalue weighted by molar-refractivity contribution is 0.0310. The van der Waals surface area contributed by atoms with E-state index in [1.54, 1.807) is 6.07 Å². The Hall–Kier alpha value is -1.17. The minimum atomic E-state index is -0.163. The van der Waals surface area contributed by atoms with Gasteiger partial charge in [0.15, 0.2) is 5.82 Å². The fourth-order valence-corrected chi connectivity index (χ4v) is 2.63. The summed E-state index contributed by atoms with van der Waals surface area (Å²) >= 11 is 12.4. The van der Waals surface area contributed by atoms with E-state index < -0.39 is 0 Å². The molecule has 21 heavy (non-hydrogen) atoms. The van der Waals surface area contributed by atoms with E-state index in [1.807, 2.05) is 13.0 Å². The molecule has 0 aliphatic carbocycles. The van der Waals surface area contributed by atoms with Gasteiger partial charge in [0.05, 0.1) is 16.7 Å². The monoisotopic (exact) mass is 328 g/mol. The van der Waals surface area contributed by atoms with Crippen LogP contribution in [-0.4, -0.2) is 20.6 Å². The molecule has 0 bridgehead atoms. The zero-order chi connectivity index (χ0) is 15.2. The van der Waals surface area contributed by atoms with Crippen molar-refractivity contribution in [3.63, 3.8) is 0 Å². The molecule has 0 saturated heterocycles. The first-order chi connectivity index (χ1) is 10.2. The summed E-state index contributed by atoms with van der Waals surface area (Å²) in [4.78, 5) is 0. The van der Waals surface area contributed by atoms with Gasteiger partial charge in [-0.2, -0.15) is 0 Å². The van der Waals surface area contributed by atoms with Crippen molar-refractivity contribution in [1.82, 2.24) is 20.6 Å². The Balaban J connectivity index is 2.14. The minimum absolute atomic E-state index is 0.163. The largest absolute Gasteiger partial charge is 0.365 e. The normalized spacial score (nSPS) is 12.6. The van der Waals surface area contributed by atoms with Gasteiger partial charge >= 0.3 is 0 Å². The zero-order valence-corrected chi connectivity index (χ0v) is 13.6. The van der Waals surface area contributed by atoms with Crippen LogP contribution >= 0.6 is 23.2 Å². The van der Waals surface area contributed by atoms with Crippen molar-refractivity contribution in [3.05, 3.63) is 39.1 Å². The summed E-state index contributed by atoms with van der Waals surface area (Å²) < 4.78 is 5.93. The first kappa shape index (κ1) is 16.2. The summed E-state index contributed by atoms with van der Waals surface area (Å²) in [5, 5.41) is 15.0. The van der Waals surface area contributed by atoms with Gasteiger partial charge in [0, 0.05) is 0 Å². The predicted octanol–water partition coefficient (Wildman–Crippen LogP) is 4.13. The highest BCUT2D eigenvalue weighted by Crippen LogP contribution is 2.31. The number of rotatable bonds is 7. The Labute approximate surface area is 134 Å². The van der Waals surface area contributed by atoms with E-state index in [0.29, 0.717) is 22.5 Å². The summed E-state index contributed by atoms with van der Waals surface area (Å²) in [7, 11) is 0. The number of benzene rings is 1. The highest BCUT2D eigenvalue weighted by molar-refractivity contribution is 6.42. The molecule has 2 aromatic rings. The summed E-state index contributed by atoms with van der Waals surface area (Å²) in [6.07, 6.45) is 2.49. The third-order valence-electron chi connectivity index (χ3n) is 3.27. The molecule has 1 aromatic heterocycles. The van der Waals surface area contributed by atoms with Crippen LogP contribution in [-0.2, 0) is 17.8 Å². The molecule has 2 rings (SSSR count). The quantitative estimate of drug-likeness (QED) is 0.830. The van der Waals surface area contributed by atoms with Gasteiger partial charge in [0.25, 0.3) is 0 Å². The Kier molecular flexibility index (Phi) is 5.96. The number of halogens is 2. The number of ether oxygens (including phenoxy) is 1. The molecular weight excluding hydrogens is 311 g/mol. The first-order valence-corrected chi connectivity index (χ1v) is 7.73. The van der Waals surface area contributed by atoms with Gasteiger partial charge in [0.1, 0.15) is 6.10 Å². The molecule has 0 radical (unpaired) electrons. The maximum absolute atomic E-state index is 6.30. The number of hydrogen-bond acceptors (Lipinski definition) is 4. The van der Waals surface area contributed by atoms with Crippen LogP contribution in [0.2, 0.25) is 10.0 Å². The van der Waals surface area contributed by atoms with Crippen LogP contribution in [0.5, 0.6) is 0 Å². The van der Waals surface area contributed by atoms with Gasteiger partial charge in [-0.1, -0.05) is 49.5 Å². The number of tetrazole rings is 1. The average Bonchev–Trinajstić information content (AvgIpc) is 3.01. The molecule has 0 aliphatic rings. The van der Waals surface area contributed by atoms with Crippen LogP contribution in [0.3, 0.4) is 0 Å². The summed E-state index contributed by atoms with van der Waals surface area (Å²) in [5.41, 5.74) is 2.11. The smallest absolute Gasteiger partial charge is 0.177 e. The number of nitrogens with zero attached hydrogens (tertiary/aromatic N) is 3. The summed E-state index contributed by atoms with van der Waals surface area (Å²) in [6, 6.07) is 3.77. The van der Waals surface area contributed by atoms with Crippen LogP contribution < -0.4 is 0 Å². The van der Waals surface area contributed by atoms with E-state index >= 15 is 0 Å². The van der Waals surface area contributed by atoms with Crippen molar-refractivity contribution in [2.75, 3.05) is 0 Å². The minimum Gasteiger partial charge on any atom is -0.365 e. The van der Waals surface area contributed by atoms with E-state index in [0.717, 1.165) is 30.4 Å². The van der Waals surface area contributed by atoms with E-state index in [2.05, 4.69) is 27.5 Å². The Morgan fingerprint density at radius 1 is 1.29 bits per heavy atom. The van der Waals surface area contributed by atoms with Crippen molar-refractivity contribution in [1.29, 1.82) is 0 Å². The molecule has 1 aromatic carbocycles. The van der Waals surface area contributed by atoms with Crippen LogP contribution in [0.25, 0.3) is 0 Å². The third-order valence-corrected chi connectivity index (χ3v) is 4.11. The summed E-state index contributed by atoms with van der Waals surface area (Å²) in [6.45, 7) is 4.58. The number of nitrogens with one attached hydrogen (secondary N) is 1. The Morgan fingerprint density at radius 3 is 2.71 bits per heavy atom. The number of H-pyrrole nitrogens is 1. The fourth-order valence-electron chi connectivity index (χ4n) is 2.17. The lowest BCUT2D eigenvalue weighted by Gasteiger charge is -2.16. The Morgan fingerprint density at radius 2 is 2.10 bits per heavy atom. The molecule has 7 heteroatoms. The Bertz CT molecular complexity index is 575. The standard InChI is InChI=1S/C14H18Cl2N4O/c1-3-5-10-9(6-7-11(15)13(10)16)8-21-12(4-2)14-17-19-20-18-14/h6-7,12H,3-5,8H2,1-2H3,(H,17,18,19,20). The molecule has 114 valence electrons. The second-order valence-corrected chi connectivity index (χ2v) is 5.53. The molecule has 1 heterocycles. The second kappa shape index (κ2) is 7.73. The van der Waals surface area contributed by atoms with E-state index in [4.69, 9.17) is 27.9 Å². The average molecular weight is 329 g/mol. The van der Waals surface area contributed by atoms with Crippen LogP contribution in [0, 0.1) is 0 Å². The third kappa shape index (κ3) is 3.93. The maximum atomic E-state index is 6.30. The molecule has 1 unspecified atom stereocenters. The number of aromatic amines is 1. The van der Waals surface area contributed by atoms with Crippen molar-refractivity contribution < 1.29 is 4.74 Å². The SMILES string of the molecule is CCCc1c(COC(CC)c2nnn[nH]2)ccc(Cl)c1Cl. The molecule has 0 fully saturated rings. The maximum Gasteiger partial charge on any atom is 0.177 e. The van der Waals surface area contributed by atoms with Gasteiger partial charge in [-0.05, 0) is 40.5 Å². The van der Waals surface area contributed by atoms with Crippen LogP contribution in [0.15, 0.2) is 12.1 Å². The molecule has 0 aliphatic heterocycles. The van der Waals surface area contributed by atoms with Crippen molar-refractivity contribution in [3.8, 4) is 0 Å². The van der Waals surface area contributed by atoms with Crippen molar-refractivity contribution in [2.24, 2.45) is 0 Å². The topological polar surface area (TPSA) is 63.7 Å². The van der Waals surface area contributed by atoms with Crippen LogP contribution in [0.1, 0.15) is 49.7 Å². The highest BCUT2D eigenvalue weighted by atomic mass is 35.5. The van der Waals surface area contributed by atoms with Gasteiger partial charge in [-0.15, -0.1) is 5.10 Å². The molecule has 5 nitrogen and oxygen atoms in total. The second-order valence-electron chi connectivity index (χ2n) is 4.74. The summed E-state index contributed by atoms with van der Waals surface area (Å²) in [5.74, 6) is 0.634. The van der Waals surface area contributed by atoms with Gasteiger partial charge < -0.3 is 4.74 Å². The van der Waals surface area contributed by atoms with Crippen molar-refractivity contribution in [2.45, 2.75) is 45.8 Å². The number of aromatic nitrogens is 4. The van der Waals surface area contributed by atoms with E-state index in [9.17, 15) is 0 Å². The molecule has 0 saturated carbocycles. The lowest BCUT2D eigenvalue weighted by atomic mass is 10.0.